The van der Waals surface area contributed by atoms with E-state index in [0.29, 0.717) is 13.1 Å². The lowest BCUT2D eigenvalue weighted by molar-refractivity contribution is 0.0949. The van der Waals surface area contributed by atoms with Crippen LogP contribution in [0.15, 0.2) is 83.8 Å². The van der Waals surface area contributed by atoms with Crippen molar-refractivity contribution < 1.29 is 4.79 Å². The van der Waals surface area contributed by atoms with Crippen molar-refractivity contribution in [3.63, 3.8) is 0 Å². The second-order valence-corrected chi connectivity index (χ2v) is 8.91. The highest BCUT2D eigenvalue weighted by molar-refractivity contribution is 5.93. The van der Waals surface area contributed by atoms with Crippen LogP contribution in [0, 0.1) is 0 Å². The Hall–Kier alpha value is -3.22. The lowest BCUT2D eigenvalue weighted by Crippen LogP contribution is -2.46. The van der Waals surface area contributed by atoms with E-state index < -0.39 is 0 Å². The zero-order valence-corrected chi connectivity index (χ0v) is 19.7. The van der Waals surface area contributed by atoms with Gasteiger partial charge in [-0.15, -0.1) is 0 Å². The average Bonchev–Trinajstić information content (AvgIpc) is 2.87. The number of nitrogens with zero attached hydrogens (tertiary/aromatic N) is 3. The molecule has 0 saturated carbocycles. The van der Waals surface area contributed by atoms with E-state index in [4.69, 9.17) is 0 Å². The van der Waals surface area contributed by atoms with Crippen LogP contribution in [0.4, 0.5) is 0 Å². The van der Waals surface area contributed by atoms with E-state index in [9.17, 15) is 9.59 Å². The number of unbranched alkanes of at least 4 members (excludes halogenated alkanes) is 1. The number of carbonyl (C=O) groups is 1. The van der Waals surface area contributed by atoms with Crippen LogP contribution in [0.25, 0.3) is 0 Å². The quantitative estimate of drug-likeness (QED) is 0.474. The molecule has 0 bridgehead atoms. The van der Waals surface area contributed by atoms with Gasteiger partial charge >= 0.3 is 0 Å². The molecular formula is C28H34N4O2. The maximum atomic E-state index is 12.7. The molecule has 1 amide bonds. The molecule has 6 heteroatoms. The normalized spacial score (nSPS) is 14.7. The number of hydrogen-bond acceptors (Lipinski definition) is 4. The first-order chi connectivity index (χ1) is 16.7. The Kier molecular flexibility index (Phi) is 8.65. The van der Waals surface area contributed by atoms with E-state index in [1.165, 1.54) is 5.56 Å². The molecule has 1 saturated heterocycles. The van der Waals surface area contributed by atoms with Crippen molar-refractivity contribution in [2.45, 2.75) is 25.9 Å². The first-order valence-corrected chi connectivity index (χ1v) is 12.2. The Morgan fingerprint density at radius 1 is 0.735 bits per heavy atom. The molecule has 0 radical (unpaired) electrons. The summed E-state index contributed by atoms with van der Waals surface area (Å²) in [6, 6.07) is 23.8. The molecular weight excluding hydrogens is 424 g/mol. The highest BCUT2D eigenvalue weighted by Crippen LogP contribution is 2.09. The third-order valence-electron chi connectivity index (χ3n) is 6.36. The van der Waals surface area contributed by atoms with E-state index in [1.807, 2.05) is 30.3 Å². The maximum Gasteiger partial charge on any atom is 0.263 e. The molecule has 178 valence electrons. The van der Waals surface area contributed by atoms with Gasteiger partial charge in [-0.05, 0) is 42.6 Å². The van der Waals surface area contributed by atoms with Crippen LogP contribution in [0.3, 0.4) is 0 Å². The lowest BCUT2D eigenvalue weighted by atomic mass is 10.2. The summed E-state index contributed by atoms with van der Waals surface area (Å²) in [7, 11) is 0. The number of hydrogen-bond donors (Lipinski definition) is 1. The molecule has 1 fully saturated rings. The van der Waals surface area contributed by atoms with Gasteiger partial charge in [0.2, 0.25) is 0 Å². The smallest absolute Gasteiger partial charge is 0.263 e. The minimum Gasteiger partial charge on any atom is -0.352 e. The van der Waals surface area contributed by atoms with Gasteiger partial charge in [0.25, 0.3) is 11.5 Å². The summed E-state index contributed by atoms with van der Waals surface area (Å²) in [5.74, 6) is -0.290. The van der Waals surface area contributed by atoms with Crippen LogP contribution in [0.5, 0.6) is 0 Å². The second kappa shape index (κ2) is 12.3. The van der Waals surface area contributed by atoms with Crippen LogP contribution in [-0.4, -0.2) is 59.5 Å². The van der Waals surface area contributed by atoms with E-state index in [2.05, 4.69) is 45.4 Å². The zero-order chi connectivity index (χ0) is 23.6. The highest BCUT2D eigenvalue weighted by Gasteiger charge is 2.16. The Morgan fingerprint density at radius 2 is 1.35 bits per heavy atom. The van der Waals surface area contributed by atoms with Crippen LogP contribution in [-0.2, 0) is 13.1 Å². The summed E-state index contributed by atoms with van der Waals surface area (Å²) in [6.07, 6.45) is 3.67. The lowest BCUT2D eigenvalue weighted by Gasteiger charge is -2.34. The molecule has 1 aliphatic rings. The molecule has 1 aliphatic heterocycles. The number of aromatic nitrogens is 1. The van der Waals surface area contributed by atoms with Gasteiger partial charge in [-0.1, -0.05) is 60.7 Å². The van der Waals surface area contributed by atoms with Gasteiger partial charge in [0.1, 0.15) is 5.56 Å². The number of pyridine rings is 1. The number of piperazine rings is 1. The standard InChI is InChI=1S/C28H34N4O2/c33-27(26-14-9-17-32(28(26)34)23-25-12-5-2-6-13-25)29-15-7-8-16-30-18-20-31(21-19-30)22-24-10-3-1-4-11-24/h1-6,9-14,17H,7-8,15-16,18-23H2,(H,29,33). The maximum absolute atomic E-state index is 12.7. The third-order valence-corrected chi connectivity index (χ3v) is 6.36. The fourth-order valence-corrected chi connectivity index (χ4v) is 4.38. The number of amides is 1. The minimum atomic E-state index is -0.290. The van der Waals surface area contributed by atoms with Crippen LogP contribution in [0.1, 0.15) is 34.3 Å². The Labute approximate surface area is 201 Å². The largest absolute Gasteiger partial charge is 0.352 e. The van der Waals surface area contributed by atoms with Crippen molar-refractivity contribution in [3.8, 4) is 0 Å². The predicted octanol–water partition coefficient (Wildman–Crippen LogP) is 3.22. The van der Waals surface area contributed by atoms with E-state index in [0.717, 1.165) is 57.7 Å². The van der Waals surface area contributed by atoms with Gasteiger partial charge in [0, 0.05) is 45.5 Å². The molecule has 2 heterocycles. The summed E-state index contributed by atoms with van der Waals surface area (Å²) < 4.78 is 1.59. The van der Waals surface area contributed by atoms with Gasteiger partial charge in [0.05, 0.1) is 6.54 Å². The van der Waals surface area contributed by atoms with E-state index in [1.54, 1.807) is 22.9 Å². The van der Waals surface area contributed by atoms with Crippen molar-refractivity contribution in [2.24, 2.45) is 0 Å². The molecule has 4 rings (SSSR count). The van der Waals surface area contributed by atoms with E-state index >= 15 is 0 Å². The molecule has 6 nitrogen and oxygen atoms in total. The topological polar surface area (TPSA) is 57.6 Å². The SMILES string of the molecule is O=C(NCCCCN1CCN(Cc2ccccc2)CC1)c1cccn(Cc2ccccc2)c1=O. The van der Waals surface area contributed by atoms with Crippen molar-refractivity contribution in [2.75, 3.05) is 39.3 Å². The van der Waals surface area contributed by atoms with Gasteiger partial charge in [-0.25, -0.2) is 0 Å². The molecule has 0 atom stereocenters. The Bertz CT molecular complexity index is 1090. The van der Waals surface area contributed by atoms with Crippen LogP contribution in [0.2, 0.25) is 0 Å². The number of benzene rings is 2. The Morgan fingerprint density at radius 3 is 2.03 bits per heavy atom. The van der Waals surface area contributed by atoms with Crippen molar-refractivity contribution in [1.82, 2.24) is 19.7 Å². The molecule has 1 N–H and O–H groups in total. The summed E-state index contributed by atoms with van der Waals surface area (Å²) in [4.78, 5) is 30.3. The molecule has 3 aromatic rings. The van der Waals surface area contributed by atoms with Crippen molar-refractivity contribution in [1.29, 1.82) is 0 Å². The number of nitrogens with one attached hydrogen (secondary N) is 1. The monoisotopic (exact) mass is 458 g/mol. The van der Waals surface area contributed by atoms with Gasteiger partial charge in [0.15, 0.2) is 0 Å². The first-order valence-electron chi connectivity index (χ1n) is 12.2. The fourth-order valence-electron chi connectivity index (χ4n) is 4.38. The van der Waals surface area contributed by atoms with Crippen molar-refractivity contribution in [3.05, 3.63) is 106 Å². The van der Waals surface area contributed by atoms with E-state index in [-0.39, 0.29) is 17.0 Å². The third kappa shape index (κ3) is 6.89. The average molecular weight is 459 g/mol. The Balaban J connectivity index is 1.15. The van der Waals surface area contributed by atoms with Crippen LogP contribution < -0.4 is 10.9 Å². The fraction of sp³-hybridized carbons (Fsp3) is 0.357. The van der Waals surface area contributed by atoms with Crippen LogP contribution >= 0.6 is 0 Å². The molecule has 1 aromatic heterocycles. The zero-order valence-electron chi connectivity index (χ0n) is 19.7. The summed E-state index contributed by atoms with van der Waals surface area (Å²) >= 11 is 0. The summed E-state index contributed by atoms with van der Waals surface area (Å²) in [5, 5.41) is 2.92. The van der Waals surface area contributed by atoms with Gasteiger partial charge in [-0.2, -0.15) is 0 Å². The highest BCUT2D eigenvalue weighted by atomic mass is 16.2. The first kappa shape index (κ1) is 23.9. The van der Waals surface area contributed by atoms with Gasteiger partial charge < -0.3 is 14.8 Å². The number of carbonyl (C=O) groups excluding carboxylic acids is 1. The number of rotatable bonds is 10. The van der Waals surface area contributed by atoms with Crippen molar-refractivity contribution >= 4 is 5.91 Å². The molecule has 0 aliphatic carbocycles. The molecule has 2 aromatic carbocycles. The predicted molar refractivity (Wildman–Crippen MR) is 136 cm³/mol. The summed E-state index contributed by atoms with van der Waals surface area (Å²) in [6.45, 7) is 7.47. The molecule has 0 spiro atoms. The minimum absolute atomic E-state index is 0.202. The van der Waals surface area contributed by atoms with Gasteiger partial charge in [-0.3, -0.25) is 14.5 Å². The molecule has 0 unspecified atom stereocenters. The second-order valence-electron chi connectivity index (χ2n) is 8.91. The molecule has 34 heavy (non-hydrogen) atoms. The summed E-state index contributed by atoms with van der Waals surface area (Å²) in [5.41, 5.74) is 2.35.